The summed E-state index contributed by atoms with van der Waals surface area (Å²) in [6.45, 7) is 8.62. The van der Waals surface area contributed by atoms with Crippen LogP contribution in [-0.4, -0.2) is 52.8 Å². The molecule has 10 heteroatoms. The van der Waals surface area contributed by atoms with E-state index in [0.717, 1.165) is 5.56 Å². The lowest BCUT2D eigenvalue weighted by atomic mass is 9.91. The van der Waals surface area contributed by atoms with Gasteiger partial charge >= 0.3 is 5.97 Å². The van der Waals surface area contributed by atoms with Gasteiger partial charge in [0, 0.05) is 11.1 Å². The quantitative estimate of drug-likeness (QED) is 0.112. The molecule has 0 aliphatic carbocycles. The molecule has 46 heavy (non-hydrogen) atoms. The number of phenolic OH excluding ortho intramolecular Hbond substituents is 1. The number of rotatable bonds is 9. The molecule has 1 atom stereocenters. The van der Waals surface area contributed by atoms with Crippen LogP contribution in [0.15, 0.2) is 78.9 Å². The second kappa shape index (κ2) is 12.5. The summed E-state index contributed by atoms with van der Waals surface area (Å²) in [6.07, 6.45) is 0.285. The third-order valence-corrected chi connectivity index (χ3v) is 7.68. The Morgan fingerprint density at radius 1 is 0.739 bits per heavy atom. The van der Waals surface area contributed by atoms with Gasteiger partial charge in [0.05, 0.1) is 22.5 Å². The van der Waals surface area contributed by atoms with E-state index < -0.39 is 11.6 Å². The fraction of sp³-hybridized carbons (Fsp3) is 0.250. The van der Waals surface area contributed by atoms with E-state index in [0.29, 0.717) is 22.7 Å². The average molecular weight is 627 g/mol. The molecule has 0 aliphatic rings. The molecule has 5 N–H and O–H groups in total. The number of benzene rings is 3. The van der Waals surface area contributed by atoms with Gasteiger partial charge in [0.1, 0.15) is 17.1 Å². The van der Waals surface area contributed by atoms with E-state index in [1.54, 1.807) is 52.0 Å². The minimum Gasteiger partial charge on any atom is -0.508 e. The number of hydrogen-bond acceptors (Lipinski definition) is 8. The summed E-state index contributed by atoms with van der Waals surface area (Å²) in [6, 6.07) is 22.1. The molecular weight excluding hydrogens is 588 g/mol. The van der Waals surface area contributed by atoms with Gasteiger partial charge in [-0.05, 0) is 94.1 Å². The van der Waals surface area contributed by atoms with Crippen molar-refractivity contribution in [1.82, 2.24) is 9.13 Å². The molecular formula is C36H38N2O8. The summed E-state index contributed by atoms with van der Waals surface area (Å²) in [5.74, 6) is -1.43. The van der Waals surface area contributed by atoms with Crippen LogP contribution in [0.2, 0.25) is 0 Å². The number of hydrogen-bond donors (Lipinski definition) is 5. The van der Waals surface area contributed by atoms with Crippen molar-refractivity contribution in [2.75, 3.05) is 6.61 Å². The zero-order chi connectivity index (χ0) is 33.3. The Morgan fingerprint density at radius 3 is 1.87 bits per heavy atom. The van der Waals surface area contributed by atoms with Crippen molar-refractivity contribution in [3.05, 3.63) is 95.6 Å². The number of ether oxygens (including phenoxy) is 2. The number of carbonyl (C=O) groups excluding carboxylic acids is 1. The van der Waals surface area contributed by atoms with Crippen LogP contribution in [0.3, 0.4) is 0 Å². The molecule has 0 radical (unpaired) electrons. The molecule has 240 valence electrons. The minimum absolute atomic E-state index is 0.0184. The molecule has 5 aromatic rings. The topological polar surface area (TPSA) is 147 Å². The minimum atomic E-state index is -0.643. The zero-order valence-corrected chi connectivity index (χ0v) is 26.4. The largest absolute Gasteiger partial charge is 0.508 e. The summed E-state index contributed by atoms with van der Waals surface area (Å²) in [7, 11) is 0. The second-order valence-electron chi connectivity index (χ2n) is 12.2. The van der Waals surface area contributed by atoms with E-state index in [9.17, 15) is 30.3 Å². The van der Waals surface area contributed by atoms with Crippen molar-refractivity contribution in [2.24, 2.45) is 0 Å². The molecule has 0 bridgehead atoms. The van der Waals surface area contributed by atoms with Crippen molar-refractivity contribution >= 4 is 5.97 Å². The maximum Gasteiger partial charge on any atom is 0.344 e. The number of esters is 1. The van der Waals surface area contributed by atoms with Crippen molar-refractivity contribution in [1.29, 1.82) is 0 Å². The van der Waals surface area contributed by atoms with E-state index in [1.807, 2.05) is 37.3 Å². The van der Waals surface area contributed by atoms with Gasteiger partial charge in [0.25, 0.3) is 0 Å². The fourth-order valence-electron chi connectivity index (χ4n) is 5.51. The molecule has 0 saturated carbocycles. The van der Waals surface area contributed by atoms with Gasteiger partial charge in [-0.2, -0.15) is 0 Å². The van der Waals surface area contributed by atoms with Gasteiger partial charge in [-0.1, -0.05) is 37.3 Å². The predicted octanol–water partition coefficient (Wildman–Crippen LogP) is 6.84. The van der Waals surface area contributed by atoms with Gasteiger partial charge < -0.3 is 35.0 Å². The number of aromatic hydroxyl groups is 5. The second-order valence-corrected chi connectivity index (χ2v) is 12.2. The third kappa shape index (κ3) is 6.32. The lowest BCUT2D eigenvalue weighted by Crippen LogP contribution is -2.27. The average Bonchev–Trinajstić information content (AvgIpc) is 3.38. The first-order chi connectivity index (χ1) is 21.8. The molecule has 0 fully saturated rings. The predicted molar refractivity (Wildman–Crippen MR) is 173 cm³/mol. The summed E-state index contributed by atoms with van der Waals surface area (Å²) < 4.78 is 13.3. The van der Waals surface area contributed by atoms with Crippen LogP contribution in [0.4, 0.5) is 0 Å². The Labute approximate surface area is 267 Å². The van der Waals surface area contributed by atoms with Crippen LogP contribution < -0.4 is 4.74 Å². The lowest BCUT2D eigenvalue weighted by molar-refractivity contribution is -0.157. The molecule has 0 aliphatic heterocycles. The maximum atomic E-state index is 12.1. The number of nitrogens with zero attached hydrogens (tertiary/aromatic N) is 2. The molecule has 0 spiro atoms. The van der Waals surface area contributed by atoms with E-state index in [4.69, 9.17) is 9.47 Å². The standard InChI is InChI=1S/C36H38N2O8/c1-21(23-9-7-6-8-10-23)19-28-31(30-22(2)32(41)37(34(30)43)24-11-15-26(39)16-12-24)35(44)38(33(28)42)25-13-17-27(18-14-25)45-20-29(40)46-36(3,4)5/h6-18,21,39,41-44H,19-20H2,1-5H3. The zero-order valence-electron chi connectivity index (χ0n) is 26.4. The summed E-state index contributed by atoms with van der Waals surface area (Å²) in [5.41, 5.74) is 2.08. The summed E-state index contributed by atoms with van der Waals surface area (Å²) in [5, 5.41) is 55.9. The fourth-order valence-corrected chi connectivity index (χ4v) is 5.51. The molecule has 3 aromatic carbocycles. The van der Waals surface area contributed by atoms with Crippen LogP contribution in [0.5, 0.6) is 35.0 Å². The highest BCUT2D eigenvalue weighted by Crippen LogP contribution is 2.52. The van der Waals surface area contributed by atoms with E-state index >= 15 is 0 Å². The highest BCUT2D eigenvalue weighted by Gasteiger charge is 2.32. The van der Waals surface area contributed by atoms with E-state index in [1.165, 1.54) is 33.4 Å². The van der Waals surface area contributed by atoms with Crippen LogP contribution >= 0.6 is 0 Å². The Morgan fingerprint density at radius 2 is 1.28 bits per heavy atom. The Kier molecular flexibility index (Phi) is 8.65. The number of aromatic nitrogens is 2. The first-order valence-electron chi connectivity index (χ1n) is 14.8. The van der Waals surface area contributed by atoms with Crippen molar-refractivity contribution in [2.45, 2.75) is 52.6 Å². The molecule has 2 heterocycles. The Balaban J connectivity index is 1.59. The van der Waals surface area contributed by atoms with Crippen molar-refractivity contribution in [3.63, 3.8) is 0 Å². The van der Waals surface area contributed by atoms with Crippen LogP contribution in [0.25, 0.3) is 22.5 Å². The van der Waals surface area contributed by atoms with Crippen LogP contribution in [-0.2, 0) is 16.0 Å². The van der Waals surface area contributed by atoms with E-state index in [2.05, 4.69) is 0 Å². The molecule has 0 saturated heterocycles. The third-order valence-electron chi connectivity index (χ3n) is 7.68. The Hall–Kier alpha value is -5.51. The smallest absolute Gasteiger partial charge is 0.344 e. The molecule has 5 rings (SSSR count). The molecule has 2 aromatic heterocycles. The van der Waals surface area contributed by atoms with Crippen molar-refractivity contribution < 1.29 is 39.8 Å². The normalized spacial score (nSPS) is 12.2. The van der Waals surface area contributed by atoms with Gasteiger partial charge in [-0.3, -0.25) is 9.13 Å². The first kappa shape index (κ1) is 31.9. The highest BCUT2D eigenvalue weighted by atomic mass is 16.6. The molecule has 1 unspecified atom stereocenters. The monoisotopic (exact) mass is 626 g/mol. The maximum absolute atomic E-state index is 12.1. The van der Waals surface area contributed by atoms with Crippen LogP contribution in [0.1, 0.15) is 50.3 Å². The van der Waals surface area contributed by atoms with Gasteiger partial charge in [0.15, 0.2) is 6.61 Å². The molecule has 10 nitrogen and oxygen atoms in total. The van der Waals surface area contributed by atoms with Gasteiger partial charge in [-0.15, -0.1) is 0 Å². The van der Waals surface area contributed by atoms with E-state index in [-0.39, 0.29) is 64.9 Å². The number of phenols is 1. The Bertz CT molecular complexity index is 1850. The lowest BCUT2D eigenvalue weighted by Gasteiger charge is -2.19. The van der Waals surface area contributed by atoms with Crippen LogP contribution in [0, 0.1) is 6.92 Å². The van der Waals surface area contributed by atoms with Gasteiger partial charge in [-0.25, -0.2) is 4.79 Å². The summed E-state index contributed by atoms with van der Waals surface area (Å²) in [4.78, 5) is 12.1. The van der Waals surface area contributed by atoms with Gasteiger partial charge in [0.2, 0.25) is 23.5 Å². The van der Waals surface area contributed by atoms with Crippen molar-refractivity contribution in [3.8, 4) is 57.5 Å². The highest BCUT2D eigenvalue weighted by molar-refractivity contribution is 5.85. The number of carbonyl (C=O) groups is 1. The molecule has 0 amide bonds. The summed E-state index contributed by atoms with van der Waals surface area (Å²) >= 11 is 0. The first-order valence-corrected chi connectivity index (χ1v) is 14.8. The SMILES string of the molecule is Cc1c(-c2c(CC(C)c3ccccc3)c(O)n(-c3ccc(OCC(=O)OC(C)(C)C)cc3)c2O)c(O)n(-c2ccc(O)cc2)c1O.